The number of likely N-dealkylation sites (tertiary alicyclic amines) is 1. The summed E-state index contributed by atoms with van der Waals surface area (Å²) >= 11 is 0. The number of amides is 2. The van der Waals surface area contributed by atoms with Crippen molar-refractivity contribution in [2.75, 3.05) is 32.7 Å². The Kier molecular flexibility index (Phi) is 6.47. The van der Waals surface area contributed by atoms with Crippen LogP contribution in [0.1, 0.15) is 35.4 Å². The minimum Gasteiger partial charge on any atom is -0.390 e. The van der Waals surface area contributed by atoms with Crippen LogP contribution < -0.4 is 5.32 Å². The highest BCUT2D eigenvalue weighted by molar-refractivity contribution is 5.74. The highest BCUT2D eigenvalue weighted by Gasteiger charge is 2.25. The maximum atomic E-state index is 12.6. The van der Waals surface area contributed by atoms with Crippen LogP contribution in [0.25, 0.3) is 0 Å². The Bertz CT molecular complexity index is 811. The lowest BCUT2D eigenvalue weighted by atomic mass is 9.91. The number of nitrogens with zero attached hydrogens (tertiary/aromatic N) is 2. The fraction of sp³-hybridized carbons (Fsp3) is 0.458. The molecule has 5 nitrogen and oxygen atoms in total. The van der Waals surface area contributed by atoms with E-state index in [0.29, 0.717) is 19.0 Å². The molecule has 2 heterocycles. The van der Waals surface area contributed by atoms with Gasteiger partial charge in [-0.05, 0) is 36.0 Å². The number of fused-ring (bicyclic) bond motifs is 1. The van der Waals surface area contributed by atoms with E-state index in [2.05, 4.69) is 58.7 Å². The Labute approximate surface area is 173 Å². The van der Waals surface area contributed by atoms with E-state index in [1.807, 2.05) is 11.0 Å². The third kappa shape index (κ3) is 5.17. The fourth-order valence-corrected chi connectivity index (χ4v) is 4.55. The van der Waals surface area contributed by atoms with E-state index in [1.54, 1.807) is 0 Å². The molecule has 0 aliphatic carbocycles. The van der Waals surface area contributed by atoms with Gasteiger partial charge in [0.1, 0.15) is 0 Å². The summed E-state index contributed by atoms with van der Waals surface area (Å²) in [6.07, 6.45) is 2.60. The molecular weight excluding hydrogens is 362 g/mol. The third-order valence-corrected chi connectivity index (χ3v) is 6.15. The molecule has 0 radical (unpaired) electrons. The minimum atomic E-state index is -0.557. The van der Waals surface area contributed by atoms with Gasteiger partial charge in [0.15, 0.2) is 0 Å². The number of hydrogen-bond donors (Lipinski definition) is 2. The van der Waals surface area contributed by atoms with Gasteiger partial charge in [0.25, 0.3) is 0 Å². The largest absolute Gasteiger partial charge is 0.390 e. The van der Waals surface area contributed by atoms with Gasteiger partial charge in [0.05, 0.1) is 6.10 Å². The van der Waals surface area contributed by atoms with Crippen molar-refractivity contribution < 1.29 is 9.90 Å². The van der Waals surface area contributed by atoms with Crippen molar-refractivity contribution in [1.82, 2.24) is 15.1 Å². The summed E-state index contributed by atoms with van der Waals surface area (Å²) in [5, 5.41) is 13.4. The summed E-state index contributed by atoms with van der Waals surface area (Å²) in [6.45, 7) is 4.23. The Morgan fingerprint density at radius 1 is 1.07 bits per heavy atom. The molecule has 2 N–H and O–H groups in total. The zero-order valence-electron chi connectivity index (χ0n) is 17.0. The molecule has 4 rings (SSSR count). The Balaban J connectivity index is 1.23. The van der Waals surface area contributed by atoms with Crippen LogP contribution in [-0.2, 0) is 13.0 Å². The average molecular weight is 394 g/mol. The van der Waals surface area contributed by atoms with Gasteiger partial charge in [-0.1, -0.05) is 54.6 Å². The molecule has 154 valence electrons. The van der Waals surface area contributed by atoms with Gasteiger partial charge in [-0.15, -0.1) is 0 Å². The first-order valence-corrected chi connectivity index (χ1v) is 10.7. The molecule has 0 bridgehead atoms. The van der Waals surface area contributed by atoms with Gasteiger partial charge in [-0.2, -0.15) is 0 Å². The number of aliphatic hydroxyl groups is 1. The van der Waals surface area contributed by atoms with Crippen LogP contribution in [0.3, 0.4) is 0 Å². The lowest BCUT2D eigenvalue weighted by molar-refractivity contribution is 0.102. The van der Waals surface area contributed by atoms with Gasteiger partial charge >= 0.3 is 6.03 Å². The number of carbonyl (C=O) groups is 1. The zero-order valence-corrected chi connectivity index (χ0v) is 17.0. The SMILES string of the molecule is O=C(NCC(O)CN1CCc2ccccc2C1)N1CCC[C@@H](c2ccccc2)C1. The summed E-state index contributed by atoms with van der Waals surface area (Å²) < 4.78 is 0. The quantitative estimate of drug-likeness (QED) is 0.821. The van der Waals surface area contributed by atoms with Crippen molar-refractivity contribution in [2.45, 2.75) is 37.8 Å². The van der Waals surface area contributed by atoms with E-state index >= 15 is 0 Å². The van der Waals surface area contributed by atoms with Crippen molar-refractivity contribution in [2.24, 2.45) is 0 Å². The fourth-order valence-electron chi connectivity index (χ4n) is 4.55. The first kappa shape index (κ1) is 19.9. The highest BCUT2D eigenvalue weighted by atomic mass is 16.3. The molecule has 1 saturated heterocycles. The number of urea groups is 1. The molecule has 2 aliphatic rings. The Hall–Kier alpha value is -2.37. The monoisotopic (exact) mass is 393 g/mol. The standard InChI is InChI=1S/C24H31N3O2/c28-23(18-26-14-12-20-9-4-5-10-21(20)16-26)15-25-24(29)27-13-6-11-22(17-27)19-7-2-1-3-8-19/h1-5,7-10,22-23,28H,6,11-18H2,(H,25,29)/t22-,23?/m1/s1. The molecule has 2 aromatic rings. The van der Waals surface area contributed by atoms with E-state index in [1.165, 1.54) is 16.7 Å². The molecule has 2 aliphatic heterocycles. The van der Waals surface area contributed by atoms with Crippen LogP contribution in [0.15, 0.2) is 54.6 Å². The molecule has 2 atom stereocenters. The summed E-state index contributed by atoms with van der Waals surface area (Å²) in [4.78, 5) is 16.8. The maximum Gasteiger partial charge on any atom is 0.317 e. The van der Waals surface area contributed by atoms with Crippen molar-refractivity contribution >= 4 is 6.03 Å². The van der Waals surface area contributed by atoms with Crippen molar-refractivity contribution in [3.63, 3.8) is 0 Å². The smallest absolute Gasteiger partial charge is 0.317 e. The highest BCUT2D eigenvalue weighted by Crippen LogP contribution is 2.26. The van der Waals surface area contributed by atoms with E-state index in [0.717, 1.165) is 45.4 Å². The molecule has 2 amide bonds. The number of carbonyl (C=O) groups excluding carboxylic acids is 1. The number of β-amino-alcohol motifs (C(OH)–C–C–N with tert-alkyl or cyclic N) is 1. The molecular formula is C24H31N3O2. The minimum absolute atomic E-state index is 0.0614. The van der Waals surface area contributed by atoms with Gasteiger partial charge in [0.2, 0.25) is 0 Å². The van der Waals surface area contributed by atoms with Crippen LogP contribution in [0, 0.1) is 0 Å². The number of benzene rings is 2. The number of hydrogen-bond acceptors (Lipinski definition) is 3. The van der Waals surface area contributed by atoms with E-state index in [-0.39, 0.29) is 6.03 Å². The van der Waals surface area contributed by atoms with Crippen LogP contribution in [0.4, 0.5) is 4.79 Å². The summed E-state index contributed by atoms with van der Waals surface area (Å²) in [5.74, 6) is 0.397. The van der Waals surface area contributed by atoms with E-state index in [4.69, 9.17) is 0 Å². The van der Waals surface area contributed by atoms with Gasteiger partial charge in [0, 0.05) is 45.2 Å². The topological polar surface area (TPSA) is 55.8 Å². The number of rotatable bonds is 5. The summed E-state index contributed by atoms with van der Waals surface area (Å²) in [5.41, 5.74) is 4.05. The second-order valence-corrected chi connectivity index (χ2v) is 8.29. The lowest BCUT2D eigenvalue weighted by Gasteiger charge is -2.34. The van der Waals surface area contributed by atoms with Gasteiger partial charge in [-0.25, -0.2) is 4.79 Å². The second kappa shape index (κ2) is 9.42. The van der Waals surface area contributed by atoms with Crippen LogP contribution in [-0.4, -0.2) is 59.8 Å². The molecule has 0 aromatic heterocycles. The second-order valence-electron chi connectivity index (χ2n) is 8.29. The van der Waals surface area contributed by atoms with Crippen LogP contribution >= 0.6 is 0 Å². The number of aliphatic hydroxyl groups excluding tert-OH is 1. The molecule has 2 aromatic carbocycles. The number of piperidine rings is 1. The van der Waals surface area contributed by atoms with Crippen molar-refractivity contribution in [1.29, 1.82) is 0 Å². The summed E-state index contributed by atoms with van der Waals surface area (Å²) in [7, 11) is 0. The average Bonchev–Trinajstić information content (AvgIpc) is 2.78. The first-order valence-electron chi connectivity index (χ1n) is 10.7. The predicted octanol–water partition coefficient (Wildman–Crippen LogP) is 2.99. The zero-order chi connectivity index (χ0) is 20.1. The van der Waals surface area contributed by atoms with Gasteiger partial charge < -0.3 is 15.3 Å². The van der Waals surface area contributed by atoms with Crippen LogP contribution in [0.5, 0.6) is 0 Å². The molecule has 29 heavy (non-hydrogen) atoms. The predicted molar refractivity (Wildman–Crippen MR) is 115 cm³/mol. The maximum absolute atomic E-state index is 12.6. The molecule has 5 heteroatoms. The first-order chi connectivity index (χ1) is 14.2. The molecule has 1 unspecified atom stereocenters. The van der Waals surface area contributed by atoms with E-state index in [9.17, 15) is 9.90 Å². The van der Waals surface area contributed by atoms with Crippen molar-refractivity contribution in [3.05, 3.63) is 71.3 Å². The van der Waals surface area contributed by atoms with E-state index < -0.39 is 6.10 Å². The third-order valence-electron chi connectivity index (χ3n) is 6.15. The van der Waals surface area contributed by atoms with Crippen LogP contribution in [0.2, 0.25) is 0 Å². The Morgan fingerprint density at radius 3 is 2.66 bits per heavy atom. The molecule has 0 spiro atoms. The lowest BCUT2D eigenvalue weighted by Crippen LogP contribution is -2.48. The van der Waals surface area contributed by atoms with Gasteiger partial charge in [-0.3, -0.25) is 4.90 Å². The molecule has 1 fully saturated rings. The van der Waals surface area contributed by atoms with Crippen molar-refractivity contribution in [3.8, 4) is 0 Å². The molecule has 0 saturated carbocycles. The number of nitrogens with one attached hydrogen (secondary N) is 1. The Morgan fingerprint density at radius 2 is 1.83 bits per heavy atom. The summed E-state index contributed by atoms with van der Waals surface area (Å²) in [6, 6.07) is 18.9. The normalized spacial score (nSPS) is 20.7.